The van der Waals surface area contributed by atoms with Crippen LogP contribution in [0.2, 0.25) is 0 Å². The Kier molecular flexibility index (Phi) is 5.02. The maximum absolute atomic E-state index is 12.8. The Bertz CT molecular complexity index is 815. The van der Waals surface area contributed by atoms with Gasteiger partial charge in [0.05, 0.1) is 12.5 Å². The fourth-order valence-electron chi connectivity index (χ4n) is 3.26. The van der Waals surface area contributed by atoms with Crippen molar-refractivity contribution < 1.29 is 19.4 Å². The van der Waals surface area contributed by atoms with Gasteiger partial charge in [0.1, 0.15) is 17.1 Å². The Labute approximate surface area is 148 Å². The molecule has 0 radical (unpaired) electrons. The van der Waals surface area contributed by atoms with Crippen LogP contribution in [0.25, 0.3) is 6.08 Å². The normalized spacial score (nSPS) is 17.4. The predicted octanol–water partition coefficient (Wildman–Crippen LogP) is 4.23. The molecule has 0 saturated carbocycles. The molecule has 0 saturated heterocycles. The summed E-state index contributed by atoms with van der Waals surface area (Å²) in [6.45, 7) is 8.94. The minimum atomic E-state index is -0.998. The highest BCUT2D eigenvalue weighted by molar-refractivity contribution is 6.28. The number of aryl methyl sites for hydroxylation is 2. The monoisotopic (exact) mass is 340 g/mol. The molecule has 0 amide bonds. The smallest absolute Gasteiger partial charge is 0.193 e. The number of hydrogen-bond acceptors (Lipinski definition) is 4. The lowest BCUT2D eigenvalue weighted by Crippen LogP contribution is -2.36. The number of hydrogen-bond donors (Lipinski definition) is 1. The number of methoxy groups -OCH3 is 1. The Morgan fingerprint density at radius 3 is 2.24 bits per heavy atom. The molecule has 1 N–H and O–H groups in total. The summed E-state index contributed by atoms with van der Waals surface area (Å²) in [5.74, 6) is -0.876. The van der Waals surface area contributed by atoms with Crippen LogP contribution < -0.4 is 0 Å². The Morgan fingerprint density at radius 2 is 1.72 bits per heavy atom. The van der Waals surface area contributed by atoms with Crippen LogP contribution in [-0.4, -0.2) is 23.8 Å². The number of aliphatic hydroxyl groups excluding tert-OH is 1. The van der Waals surface area contributed by atoms with E-state index in [1.807, 2.05) is 32.0 Å². The third-order valence-corrected chi connectivity index (χ3v) is 4.69. The number of aliphatic hydroxyl groups is 1. The molecule has 0 aromatic heterocycles. The highest BCUT2D eigenvalue weighted by Crippen LogP contribution is 2.40. The first-order valence-corrected chi connectivity index (χ1v) is 8.15. The van der Waals surface area contributed by atoms with Crippen LogP contribution >= 0.6 is 0 Å². The fourth-order valence-corrected chi connectivity index (χ4v) is 3.26. The summed E-state index contributed by atoms with van der Waals surface area (Å²) >= 11 is 0. The Hall–Kier alpha value is -2.62. The minimum Gasteiger partial charge on any atom is -0.507 e. The topological polar surface area (TPSA) is 63.6 Å². The SMILES string of the molecule is COC1=C(C)C(O)=C(C(=O)/C=C/c2c(C)cccc2C)C(=O)C1(C)C. The molecule has 0 aliphatic heterocycles. The second-order valence-electron chi connectivity index (χ2n) is 6.84. The zero-order valence-electron chi connectivity index (χ0n) is 15.6. The second kappa shape index (κ2) is 6.71. The molecule has 0 fully saturated rings. The first-order chi connectivity index (χ1) is 11.6. The third-order valence-electron chi connectivity index (χ3n) is 4.69. The minimum absolute atomic E-state index is 0.189. The molecular formula is C21H24O4. The summed E-state index contributed by atoms with van der Waals surface area (Å²) in [5.41, 5.74) is 2.23. The standard InChI is InChI=1S/C21H24O4/c1-12-8-7-9-13(2)15(12)10-11-16(22)17-18(23)14(3)20(25-6)21(4,5)19(17)24/h7-11,23H,1-6H3/b11-10+. The third kappa shape index (κ3) is 3.16. The van der Waals surface area contributed by atoms with E-state index >= 15 is 0 Å². The molecule has 0 spiro atoms. The molecule has 0 unspecified atom stereocenters. The molecule has 25 heavy (non-hydrogen) atoms. The van der Waals surface area contributed by atoms with Crippen molar-refractivity contribution in [2.24, 2.45) is 5.41 Å². The van der Waals surface area contributed by atoms with Gasteiger partial charge < -0.3 is 9.84 Å². The Morgan fingerprint density at radius 1 is 1.16 bits per heavy atom. The summed E-state index contributed by atoms with van der Waals surface area (Å²) in [6.07, 6.45) is 3.04. The lowest BCUT2D eigenvalue weighted by molar-refractivity contribution is -0.126. The second-order valence-corrected chi connectivity index (χ2v) is 6.84. The maximum Gasteiger partial charge on any atom is 0.193 e. The first-order valence-electron chi connectivity index (χ1n) is 8.15. The van der Waals surface area contributed by atoms with Crippen molar-refractivity contribution in [3.05, 3.63) is 63.6 Å². The molecule has 0 bridgehead atoms. The molecule has 132 valence electrons. The number of rotatable bonds is 4. The van der Waals surface area contributed by atoms with Gasteiger partial charge in [-0.2, -0.15) is 0 Å². The van der Waals surface area contributed by atoms with Gasteiger partial charge in [-0.15, -0.1) is 0 Å². The molecule has 0 heterocycles. The van der Waals surface area contributed by atoms with Gasteiger partial charge in [-0.1, -0.05) is 24.3 Å². The van der Waals surface area contributed by atoms with Crippen molar-refractivity contribution in [2.75, 3.05) is 7.11 Å². The summed E-state index contributed by atoms with van der Waals surface area (Å²) in [6, 6.07) is 5.87. The predicted molar refractivity (Wildman–Crippen MR) is 98.1 cm³/mol. The number of Topliss-reactive ketones (excluding diaryl/α,β-unsaturated/α-hetero) is 1. The van der Waals surface area contributed by atoms with E-state index in [0.29, 0.717) is 11.3 Å². The molecular weight excluding hydrogens is 316 g/mol. The van der Waals surface area contributed by atoms with Crippen molar-refractivity contribution in [3.8, 4) is 0 Å². The van der Waals surface area contributed by atoms with Gasteiger partial charge in [-0.3, -0.25) is 9.59 Å². The lowest BCUT2D eigenvalue weighted by atomic mass is 9.74. The summed E-state index contributed by atoms with van der Waals surface area (Å²) in [7, 11) is 1.45. The average Bonchev–Trinajstić information content (AvgIpc) is 2.53. The van der Waals surface area contributed by atoms with Gasteiger partial charge in [-0.05, 0) is 57.4 Å². The largest absolute Gasteiger partial charge is 0.507 e. The number of benzene rings is 1. The highest BCUT2D eigenvalue weighted by atomic mass is 16.5. The highest BCUT2D eigenvalue weighted by Gasteiger charge is 2.44. The van der Waals surface area contributed by atoms with Gasteiger partial charge in [0.2, 0.25) is 0 Å². The Balaban J connectivity index is 2.48. The summed E-state index contributed by atoms with van der Waals surface area (Å²) in [4.78, 5) is 25.4. The molecule has 1 aromatic rings. The van der Waals surface area contributed by atoms with E-state index in [1.54, 1.807) is 26.8 Å². The summed E-state index contributed by atoms with van der Waals surface area (Å²) in [5, 5.41) is 10.4. The van der Waals surface area contributed by atoms with Crippen LogP contribution in [0.4, 0.5) is 0 Å². The van der Waals surface area contributed by atoms with Crippen molar-refractivity contribution in [1.82, 2.24) is 0 Å². The van der Waals surface area contributed by atoms with Gasteiger partial charge >= 0.3 is 0 Å². The quantitative estimate of drug-likeness (QED) is 0.658. The molecule has 4 nitrogen and oxygen atoms in total. The van der Waals surface area contributed by atoms with E-state index in [9.17, 15) is 14.7 Å². The fraction of sp³-hybridized carbons (Fsp3) is 0.333. The average molecular weight is 340 g/mol. The number of carbonyl (C=O) groups is 2. The molecule has 1 aliphatic rings. The van der Waals surface area contributed by atoms with Crippen molar-refractivity contribution >= 4 is 17.6 Å². The molecule has 1 aromatic carbocycles. The van der Waals surface area contributed by atoms with Crippen LogP contribution in [0, 0.1) is 19.3 Å². The van der Waals surface area contributed by atoms with Crippen LogP contribution in [0.5, 0.6) is 0 Å². The van der Waals surface area contributed by atoms with Crippen LogP contribution in [0.3, 0.4) is 0 Å². The van der Waals surface area contributed by atoms with E-state index in [-0.39, 0.29) is 11.3 Å². The number of allylic oxidation sites excluding steroid dienone is 4. The lowest BCUT2D eigenvalue weighted by Gasteiger charge is -2.31. The number of carbonyl (C=O) groups excluding carboxylic acids is 2. The van der Waals surface area contributed by atoms with Gasteiger partial charge in [0, 0.05) is 5.57 Å². The van der Waals surface area contributed by atoms with E-state index in [0.717, 1.165) is 16.7 Å². The van der Waals surface area contributed by atoms with Crippen molar-refractivity contribution in [2.45, 2.75) is 34.6 Å². The van der Waals surface area contributed by atoms with E-state index < -0.39 is 17.0 Å². The van der Waals surface area contributed by atoms with Crippen molar-refractivity contribution in [3.63, 3.8) is 0 Å². The molecule has 1 aliphatic carbocycles. The molecule has 0 atom stereocenters. The zero-order chi connectivity index (χ0) is 18.9. The number of ketones is 2. The molecule has 2 rings (SSSR count). The number of ether oxygens (including phenoxy) is 1. The van der Waals surface area contributed by atoms with Crippen molar-refractivity contribution in [1.29, 1.82) is 0 Å². The van der Waals surface area contributed by atoms with Crippen LogP contribution in [0.1, 0.15) is 37.5 Å². The van der Waals surface area contributed by atoms with Crippen LogP contribution in [-0.2, 0) is 14.3 Å². The maximum atomic E-state index is 12.8. The van der Waals surface area contributed by atoms with E-state index in [2.05, 4.69) is 0 Å². The first kappa shape index (κ1) is 18.7. The zero-order valence-corrected chi connectivity index (χ0v) is 15.6. The van der Waals surface area contributed by atoms with E-state index in [4.69, 9.17) is 4.74 Å². The van der Waals surface area contributed by atoms with Gasteiger partial charge in [-0.25, -0.2) is 0 Å². The van der Waals surface area contributed by atoms with Crippen LogP contribution in [0.15, 0.2) is 46.9 Å². The van der Waals surface area contributed by atoms with Gasteiger partial charge in [0.25, 0.3) is 0 Å². The molecule has 4 heteroatoms. The van der Waals surface area contributed by atoms with Gasteiger partial charge in [0.15, 0.2) is 11.6 Å². The summed E-state index contributed by atoms with van der Waals surface area (Å²) < 4.78 is 5.28. The van der Waals surface area contributed by atoms with E-state index in [1.165, 1.54) is 13.2 Å².